The minimum Gasteiger partial charge on any atom is -0.481 e. The number of benzene rings is 1. The highest BCUT2D eigenvalue weighted by Gasteiger charge is 2.40. The van der Waals surface area contributed by atoms with Crippen LogP contribution in [0.3, 0.4) is 0 Å². The van der Waals surface area contributed by atoms with E-state index in [9.17, 15) is 13.2 Å². The zero-order valence-electron chi connectivity index (χ0n) is 9.95. The fourth-order valence-corrected chi connectivity index (χ4v) is 4.58. The lowest BCUT2D eigenvalue weighted by Crippen LogP contribution is -2.37. The summed E-state index contributed by atoms with van der Waals surface area (Å²) in [6.07, 6.45) is 2.46. The van der Waals surface area contributed by atoms with E-state index in [1.807, 2.05) is 0 Å². The van der Waals surface area contributed by atoms with Crippen molar-refractivity contribution in [3.05, 3.63) is 30.3 Å². The molecule has 0 heterocycles. The van der Waals surface area contributed by atoms with Crippen LogP contribution in [0, 0.1) is 5.92 Å². The van der Waals surface area contributed by atoms with Crippen molar-refractivity contribution < 1.29 is 18.3 Å². The van der Waals surface area contributed by atoms with Crippen LogP contribution in [0.2, 0.25) is 0 Å². The number of carboxylic acid groups (broad SMARTS) is 1. The first-order valence-corrected chi connectivity index (χ1v) is 7.60. The molecule has 2 atom stereocenters. The van der Waals surface area contributed by atoms with Crippen LogP contribution in [0.5, 0.6) is 0 Å². The van der Waals surface area contributed by atoms with Crippen molar-refractivity contribution in [1.82, 2.24) is 0 Å². The second-order valence-corrected chi connectivity index (χ2v) is 6.79. The maximum absolute atomic E-state index is 12.4. The largest absolute Gasteiger partial charge is 0.481 e. The molecule has 1 fully saturated rings. The summed E-state index contributed by atoms with van der Waals surface area (Å²) in [6, 6.07) is 8.12. The van der Waals surface area contributed by atoms with Crippen molar-refractivity contribution in [3.63, 3.8) is 0 Å². The molecule has 1 aromatic rings. The summed E-state index contributed by atoms with van der Waals surface area (Å²) >= 11 is 0. The molecule has 1 N–H and O–H groups in total. The zero-order valence-corrected chi connectivity index (χ0v) is 10.8. The Balaban J connectivity index is 2.36. The Labute approximate surface area is 107 Å². The first-order valence-electron chi connectivity index (χ1n) is 6.05. The quantitative estimate of drug-likeness (QED) is 0.911. The van der Waals surface area contributed by atoms with Gasteiger partial charge in [-0.2, -0.15) is 0 Å². The smallest absolute Gasteiger partial charge is 0.307 e. The van der Waals surface area contributed by atoms with Gasteiger partial charge in [0.2, 0.25) is 0 Å². The number of hydrogen-bond acceptors (Lipinski definition) is 3. The van der Waals surface area contributed by atoms with Gasteiger partial charge >= 0.3 is 5.97 Å². The van der Waals surface area contributed by atoms with Gasteiger partial charge in [0.05, 0.1) is 16.1 Å². The molecule has 4 nitrogen and oxygen atoms in total. The molecule has 0 spiro atoms. The van der Waals surface area contributed by atoms with Gasteiger partial charge in [0.15, 0.2) is 9.84 Å². The molecule has 1 aliphatic carbocycles. The zero-order chi connectivity index (χ0) is 13.2. The number of hydrogen-bond donors (Lipinski definition) is 1. The molecular weight excluding hydrogens is 252 g/mol. The monoisotopic (exact) mass is 268 g/mol. The third-order valence-electron chi connectivity index (χ3n) is 3.49. The summed E-state index contributed by atoms with van der Waals surface area (Å²) in [5.74, 6) is -1.77. The molecule has 0 amide bonds. The van der Waals surface area contributed by atoms with Gasteiger partial charge in [-0.1, -0.05) is 31.0 Å². The molecule has 1 aliphatic rings. The molecule has 2 unspecified atom stereocenters. The second-order valence-electron chi connectivity index (χ2n) is 4.63. The van der Waals surface area contributed by atoms with Crippen LogP contribution in [0.25, 0.3) is 0 Å². The Morgan fingerprint density at radius 1 is 1.11 bits per heavy atom. The van der Waals surface area contributed by atoms with Gasteiger partial charge in [-0.25, -0.2) is 8.42 Å². The van der Waals surface area contributed by atoms with Crippen LogP contribution in [0.15, 0.2) is 35.2 Å². The van der Waals surface area contributed by atoms with E-state index in [2.05, 4.69) is 0 Å². The number of rotatable bonds is 3. The Hall–Kier alpha value is -1.36. The molecule has 0 aromatic heterocycles. The number of carboxylic acids is 1. The summed E-state index contributed by atoms with van der Waals surface area (Å²) in [6.45, 7) is 0. The molecule has 98 valence electrons. The van der Waals surface area contributed by atoms with Crippen LogP contribution in [0.1, 0.15) is 25.7 Å². The van der Waals surface area contributed by atoms with Gasteiger partial charge in [-0.3, -0.25) is 4.79 Å². The third-order valence-corrected chi connectivity index (χ3v) is 5.78. The Morgan fingerprint density at radius 3 is 2.33 bits per heavy atom. The van der Waals surface area contributed by atoms with Gasteiger partial charge in [0.1, 0.15) is 0 Å². The number of sulfone groups is 1. The molecule has 0 radical (unpaired) electrons. The van der Waals surface area contributed by atoms with Crippen molar-refractivity contribution in [2.24, 2.45) is 5.92 Å². The minimum atomic E-state index is -3.54. The lowest BCUT2D eigenvalue weighted by atomic mass is 9.89. The molecule has 1 aromatic carbocycles. The van der Waals surface area contributed by atoms with Crippen molar-refractivity contribution >= 4 is 15.8 Å². The molecule has 5 heteroatoms. The number of aliphatic carboxylic acids is 1. The normalized spacial score (nSPS) is 24.7. The first kappa shape index (κ1) is 13.1. The van der Waals surface area contributed by atoms with Crippen LogP contribution in [-0.4, -0.2) is 24.7 Å². The van der Waals surface area contributed by atoms with E-state index in [1.54, 1.807) is 18.2 Å². The lowest BCUT2D eigenvalue weighted by Gasteiger charge is -2.28. The first-order chi connectivity index (χ1) is 8.53. The SMILES string of the molecule is O=C(O)C1CCCCC1S(=O)(=O)c1ccccc1. The van der Waals surface area contributed by atoms with Gasteiger partial charge in [0, 0.05) is 0 Å². The summed E-state index contributed by atoms with van der Waals surface area (Å²) in [7, 11) is -3.54. The van der Waals surface area contributed by atoms with Crippen molar-refractivity contribution in [3.8, 4) is 0 Å². The van der Waals surface area contributed by atoms with Gasteiger partial charge in [-0.15, -0.1) is 0 Å². The lowest BCUT2D eigenvalue weighted by molar-refractivity contribution is -0.142. The van der Waals surface area contributed by atoms with E-state index in [1.165, 1.54) is 12.1 Å². The predicted molar refractivity (Wildman–Crippen MR) is 67.0 cm³/mol. The molecule has 0 aliphatic heterocycles. The summed E-state index contributed by atoms with van der Waals surface area (Å²) in [4.78, 5) is 11.4. The third kappa shape index (κ3) is 2.41. The molecule has 1 saturated carbocycles. The van der Waals surface area contributed by atoms with Crippen molar-refractivity contribution in [1.29, 1.82) is 0 Å². The molecule has 18 heavy (non-hydrogen) atoms. The molecule has 2 rings (SSSR count). The Kier molecular flexibility index (Phi) is 3.71. The van der Waals surface area contributed by atoms with Gasteiger partial charge in [0.25, 0.3) is 0 Å². The van der Waals surface area contributed by atoms with Crippen molar-refractivity contribution in [2.45, 2.75) is 35.8 Å². The molecular formula is C13H16O4S. The van der Waals surface area contributed by atoms with Crippen molar-refractivity contribution in [2.75, 3.05) is 0 Å². The van der Waals surface area contributed by atoms with Crippen LogP contribution in [0.4, 0.5) is 0 Å². The van der Waals surface area contributed by atoms with E-state index in [4.69, 9.17) is 5.11 Å². The minimum absolute atomic E-state index is 0.225. The predicted octanol–water partition coefficient (Wildman–Crippen LogP) is 2.10. The average Bonchev–Trinajstić information content (AvgIpc) is 2.39. The van der Waals surface area contributed by atoms with E-state index in [-0.39, 0.29) is 4.90 Å². The van der Waals surface area contributed by atoms with E-state index in [0.717, 1.165) is 12.8 Å². The molecule has 0 saturated heterocycles. The average molecular weight is 268 g/mol. The fraction of sp³-hybridized carbons (Fsp3) is 0.462. The Bertz CT molecular complexity index is 521. The maximum Gasteiger partial charge on any atom is 0.307 e. The van der Waals surface area contributed by atoms with Gasteiger partial charge in [-0.05, 0) is 25.0 Å². The highest BCUT2D eigenvalue weighted by atomic mass is 32.2. The standard InChI is InChI=1S/C13H16O4S/c14-13(15)11-8-4-5-9-12(11)18(16,17)10-6-2-1-3-7-10/h1-3,6-7,11-12H,4-5,8-9H2,(H,14,15). The molecule has 0 bridgehead atoms. The highest BCUT2D eigenvalue weighted by Crippen LogP contribution is 2.33. The second kappa shape index (κ2) is 5.10. The van der Waals surface area contributed by atoms with E-state index >= 15 is 0 Å². The van der Waals surface area contributed by atoms with Gasteiger partial charge < -0.3 is 5.11 Å². The Morgan fingerprint density at radius 2 is 1.72 bits per heavy atom. The van der Waals surface area contributed by atoms with E-state index in [0.29, 0.717) is 12.8 Å². The van der Waals surface area contributed by atoms with Crippen LogP contribution >= 0.6 is 0 Å². The fourth-order valence-electron chi connectivity index (χ4n) is 2.54. The van der Waals surface area contributed by atoms with Crippen LogP contribution in [-0.2, 0) is 14.6 Å². The topological polar surface area (TPSA) is 71.4 Å². The van der Waals surface area contributed by atoms with E-state index < -0.39 is 27.0 Å². The summed E-state index contributed by atoms with van der Waals surface area (Å²) in [5.41, 5.74) is 0. The van der Waals surface area contributed by atoms with Crippen LogP contribution < -0.4 is 0 Å². The maximum atomic E-state index is 12.4. The highest BCUT2D eigenvalue weighted by molar-refractivity contribution is 7.92. The number of carbonyl (C=O) groups is 1. The summed E-state index contributed by atoms with van der Waals surface area (Å²) < 4.78 is 24.9. The summed E-state index contributed by atoms with van der Waals surface area (Å²) in [5, 5.41) is 8.37.